The molecule has 0 aliphatic rings. The molecular weight excluding hydrogens is 260 g/mol. The molecule has 0 saturated heterocycles. The summed E-state index contributed by atoms with van der Waals surface area (Å²) < 4.78 is 8.91. The van der Waals surface area contributed by atoms with E-state index in [-0.39, 0.29) is 6.42 Å². The Labute approximate surface area is 108 Å². The van der Waals surface area contributed by atoms with Gasteiger partial charge in [-0.2, -0.15) is 0 Å². The van der Waals surface area contributed by atoms with Crippen molar-refractivity contribution in [3.05, 3.63) is 21.9 Å². The van der Waals surface area contributed by atoms with Crippen molar-refractivity contribution >= 4 is 23.3 Å². The normalized spacial score (nSPS) is 13.8. The van der Waals surface area contributed by atoms with E-state index in [0.29, 0.717) is 10.4 Å². The molecule has 1 rings (SSSR count). The molecule has 0 radical (unpaired) electrons. The van der Waals surface area contributed by atoms with Gasteiger partial charge in [0, 0.05) is 0 Å². The monoisotopic (exact) mass is 274 g/mol. The van der Waals surface area contributed by atoms with Crippen LogP contribution < -0.4 is 0 Å². The molecule has 0 saturated carbocycles. The van der Waals surface area contributed by atoms with Crippen molar-refractivity contribution in [2.75, 3.05) is 14.2 Å². The van der Waals surface area contributed by atoms with Crippen LogP contribution in [0.3, 0.4) is 0 Å². The van der Waals surface area contributed by atoms with E-state index in [2.05, 4.69) is 9.47 Å². The van der Waals surface area contributed by atoms with Crippen LogP contribution in [0.25, 0.3) is 0 Å². The summed E-state index contributed by atoms with van der Waals surface area (Å²) in [5.74, 6) is -1.13. The Morgan fingerprint density at radius 3 is 2.56 bits per heavy atom. The van der Waals surface area contributed by atoms with Crippen LogP contribution in [-0.2, 0) is 14.3 Å². The molecule has 1 aromatic heterocycles. The van der Waals surface area contributed by atoms with Gasteiger partial charge in [0.2, 0.25) is 0 Å². The van der Waals surface area contributed by atoms with Gasteiger partial charge in [-0.1, -0.05) is 0 Å². The zero-order valence-corrected chi connectivity index (χ0v) is 10.8. The van der Waals surface area contributed by atoms with E-state index in [1.54, 1.807) is 0 Å². The van der Waals surface area contributed by atoms with Gasteiger partial charge in [0.1, 0.15) is 11.0 Å². The highest BCUT2D eigenvalue weighted by atomic mass is 32.1. The molecule has 1 aromatic rings. The van der Waals surface area contributed by atoms with Gasteiger partial charge in [-0.05, 0) is 17.0 Å². The number of carbonyl (C=O) groups is 2. The molecule has 1 heterocycles. The summed E-state index contributed by atoms with van der Waals surface area (Å²) in [5, 5.41) is 20.9. The van der Waals surface area contributed by atoms with E-state index >= 15 is 0 Å². The van der Waals surface area contributed by atoms with Gasteiger partial charge in [0.25, 0.3) is 0 Å². The number of carbonyl (C=O) groups excluding carboxylic acids is 2. The molecule has 6 nitrogen and oxygen atoms in total. The predicted molar refractivity (Wildman–Crippen MR) is 63.3 cm³/mol. The maximum Gasteiger partial charge on any atom is 0.348 e. The van der Waals surface area contributed by atoms with E-state index in [0.717, 1.165) is 11.3 Å². The molecular formula is C11H14O6S. The summed E-state index contributed by atoms with van der Waals surface area (Å²) in [6.45, 7) is 0. The van der Waals surface area contributed by atoms with E-state index < -0.39 is 24.1 Å². The molecule has 100 valence electrons. The van der Waals surface area contributed by atoms with Crippen LogP contribution in [0.5, 0.6) is 0 Å². The number of aliphatic hydroxyl groups excluding tert-OH is 2. The average Bonchev–Trinajstić information content (AvgIpc) is 2.86. The van der Waals surface area contributed by atoms with Gasteiger partial charge in [-0.25, -0.2) is 4.79 Å². The largest absolute Gasteiger partial charge is 0.469 e. The van der Waals surface area contributed by atoms with Crippen LogP contribution in [0.2, 0.25) is 0 Å². The minimum Gasteiger partial charge on any atom is -0.469 e. The number of methoxy groups -OCH3 is 2. The Hall–Kier alpha value is -1.44. The number of aliphatic hydroxyl groups is 2. The second-order valence-corrected chi connectivity index (χ2v) is 4.44. The Morgan fingerprint density at radius 1 is 1.33 bits per heavy atom. The molecule has 0 amide bonds. The quantitative estimate of drug-likeness (QED) is 0.759. The summed E-state index contributed by atoms with van der Waals surface area (Å²) >= 11 is 1.09. The fourth-order valence-electron chi connectivity index (χ4n) is 1.30. The van der Waals surface area contributed by atoms with Crippen LogP contribution >= 0.6 is 11.3 Å². The lowest BCUT2D eigenvalue weighted by Crippen LogP contribution is -2.22. The van der Waals surface area contributed by atoms with E-state index in [9.17, 15) is 19.8 Å². The predicted octanol–water partition coefficient (Wildman–Crippen LogP) is 0.492. The molecule has 0 aromatic carbocycles. The number of hydrogen-bond donors (Lipinski definition) is 2. The molecule has 2 atom stereocenters. The highest BCUT2D eigenvalue weighted by Gasteiger charge is 2.23. The topological polar surface area (TPSA) is 93.1 Å². The molecule has 0 aliphatic carbocycles. The molecule has 7 heteroatoms. The van der Waals surface area contributed by atoms with Crippen LogP contribution in [-0.4, -0.2) is 42.5 Å². The Balaban J connectivity index is 2.71. The van der Waals surface area contributed by atoms with Crippen LogP contribution in [0.4, 0.5) is 0 Å². The molecule has 0 bridgehead atoms. The third kappa shape index (κ3) is 3.52. The molecule has 18 heavy (non-hydrogen) atoms. The van der Waals surface area contributed by atoms with Gasteiger partial charge in [0.15, 0.2) is 0 Å². The second-order valence-electron chi connectivity index (χ2n) is 3.53. The van der Waals surface area contributed by atoms with Gasteiger partial charge in [0.05, 0.1) is 26.7 Å². The maximum atomic E-state index is 11.2. The SMILES string of the molecule is COC(=O)CC(O)C(O)c1csc(C(=O)OC)c1. The van der Waals surface area contributed by atoms with E-state index in [1.165, 1.54) is 25.7 Å². The zero-order chi connectivity index (χ0) is 13.7. The van der Waals surface area contributed by atoms with Gasteiger partial charge in [-0.15, -0.1) is 11.3 Å². The maximum absolute atomic E-state index is 11.2. The fourth-order valence-corrected chi connectivity index (χ4v) is 2.16. The lowest BCUT2D eigenvalue weighted by atomic mass is 10.1. The second kappa shape index (κ2) is 6.48. The lowest BCUT2D eigenvalue weighted by molar-refractivity contribution is -0.144. The minimum atomic E-state index is -1.28. The number of thiophene rings is 1. The number of esters is 2. The third-order valence-electron chi connectivity index (χ3n) is 2.32. The highest BCUT2D eigenvalue weighted by molar-refractivity contribution is 7.12. The molecule has 0 spiro atoms. The lowest BCUT2D eigenvalue weighted by Gasteiger charge is -2.15. The number of rotatable bonds is 5. The summed E-state index contributed by atoms with van der Waals surface area (Å²) in [4.78, 5) is 22.5. The first-order valence-corrected chi connectivity index (χ1v) is 5.97. The van der Waals surface area contributed by atoms with Gasteiger partial charge in [-0.3, -0.25) is 4.79 Å². The van der Waals surface area contributed by atoms with Crippen LogP contribution in [0, 0.1) is 0 Å². The first-order chi connectivity index (χ1) is 8.49. The molecule has 0 fully saturated rings. The van der Waals surface area contributed by atoms with Crippen molar-refractivity contribution in [3.8, 4) is 0 Å². The van der Waals surface area contributed by atoms with Gasteiger partial charge < -0.3 is 19.7 Å². The Bertz CT molecular complexity index is 427. The standard InChI is InChI=1S/C11H14O6S/c1-16-9(13)4-7(12)10(14)6-3-8(18-5-6)11(15)17-2/h3,5,7,10,12,14H,4H2,1-2H3. The average molecular weight is 274 g/mol. The summed E-state index contributed by atoms with van der Waals surface area (Å²) in [6, 6.07) is 1.42. The van der Waals surface area contributed by atoms with E-state index in [4.69, 9.17) is 0 Å². The number of hydrogen-bond acceptors (Lipinski definition) is 7. The first kappa shape index (κ1) is 14.6. The van der Waals surface area contributed by atoms with Crippen molar-refractivity contribution in [1.82, 2.24) is 0 Å². The van der Waals surface area contributed by atoms with Crippen molar-refractivity contribution in [2.45, 2.75) is 18.6 Å². The highest BCUT2D eigenvalue weighted by Crippen LogP contribution is 2.25. The first-order valence-electron chi connectivity index (χ1n) is 5.09. The van der Waals surface area contributed by atoms with Crippen LogP contribution in [0.1, 0.15) is 27.8 Å². The molecule has 2 N–H and O–H groups in total. The molecule has 2 unspecified atom stereocenters. The summed E-state index contributed by atoms with van der Waals surface area (Å²) in [7, 11) is 2.45. The smallest absolute Gasteiger partial charge is 0.348 e. The van der Waals surface area contributed by atoms with Gasteiger partial charge >= 0.3 is 11.9 Å². The van der Waals surface area contributed by atoms with Crippen molar-refractivity contribution in [1.29, 1.82) is 0 Å². The van der Waals surface area contributed by atoms with Crippen molar-refractivity contribution < 1.29 is 29.3 Å². The Morgan fingerprint density at radius 2 is 2.00 bits per heavy atom. The van der Waals surface area contributed by atoms with Crippen molar-refractivity contribution in [3.63, 3.8) is 0 Å². The van der Waals surface area contributed by atoms with Crippen molar-refractivity contribution in [2.24, 2.45) is 0 Å². The zero-order valence-electron chi connectivity index (χ0n) is 9.95. The van der Waals surface area contributed by atoms with E-state index in [1.807, 2.05) is 0 Å². The van der Waals surface area contributed by atoms with Crippen LogP contribution in [0.15, 0.2) is 11.4 Å². The Kier molecular flexibility index (Phi) is 5.26. The minimum absolute atomic E-state index is 0.316. The fraction of sp³-hybridized carbons (Fsp3) is 0.455. The third-order valence-corrected chi connectivity index (χ3v) is 3.24. The number of ether oxygens (including phenoxy) is 2. The summed E-state index contributed by atoms with van der Waals surface area (Å²) in [6.07, 6.45) is -2.85. The summed E-state index contributed by atoms with van der Waals surface area (Å²) in [5.41, 5.74) is 0.358. The molecule has 0 aliphatic heterocycles.